The Balaban J connectivity index is 2.47. The Hall–Kier alpha value is -1.06. The van der Waals surface area contributed by atoms with Crippen molar-refractivity contribution in [1.29, 1.82) is 0 Å². The Labute approximate surface area is 71.5 Å². The van der Waals surface area contributed by atoms with Crippen molar-refractivity contribution in [3.63, 3.8) is 0 Å². The van der Waals surface area contributed by atoms with Gasteiger partial charge in [-0.25, -0.2) is 0 Å². The average molecular weight is 171 g/mol. The van der Waals surface area contributed by atoms with Crippen molar-refractivity contribution in [2.45, 2.75) is 32.4 Å². The molecule has 0 bridgehead atoms. The van der Waals surface area contributed by atoms with E-state index in [9.17, 15) is 9.59 Å². The van der Waals surface area contributed by atoms with E-state index in [1.54, 1.807) is 11.8 Å². The van der Waals surface area contributed by atoms with Gasteiger partial charge in [-0.1, -0.05) is 0 Å². The highest BCUT2D eigenvalue weighted by atomic mass is 16.5. The molecule has 1 heterocycles. The number of nitrogens with zero attached hydrogens (tertiary/aromatic N) is 1. The van der Waals surface area contributed by atoms with Crippen LogP contribution in [0.3, 0.4) is 0 Å². The number of rotatable bonds is 3. The highest BCUT2D eigenvalue weighted by Gasteiger charge is 2.23. The second-order valence-corrected chi connectivity index (χ2v) is 2.88. The van der Waals surface area contributed by atoms with Gasteiger partial charge in [-0.3, -0.25) is 9.59 Å². The summed E-state index contributed by atoms with van der Waals surface area (Å²) in [7, 11) is 0. The van der Waals surface area contributed by atoms with Crippen LogP contribution in [0.15, 0.2) is 0 Å². The Morgan fingerprint density at radius 3 is 2.92 bits per heavy atom. The van der Waals surface area contributed by atoms with Gasteiger partial charge in [0, 0.05) is 13.0 Å². The van der Waals surface area contributed by atoms with E-state index >= 15 is 0 Å². The van der Waals surface area contributed by atoms with Crippen LogP contribution in [0.25, 0.3) is 0 Å². The molecule has 0 saturated carbocycles. The summed E-state index contributed by atoms with van der Waals surface area (Å²) >= 11 is 0. The second-order valence-electron chi connectivity index (χ2n) is 2.88. The topological polar surface area (TPSA) is 46.6 Å². The average Bonchev–Trinajstić information content (AvgIpc) is 2.05. The Kier molecular flexibility index (Phi) is 3.08. The summed E-state index contributed by atoms with van der Waals surface area (Å²) in [6.07, 6.45) is 2.11. The fourth-order valence-corrected chi connectivity index (χ4v) is 1.37. The zero-order valence-electron chi connectivity index (χ0n) is 7.16. The first-order chi connectivity index (χ1) is 5.75. The highest BCUT2D eigenvalue weighted by Crippen LogP contribution is 2.13. The van der Waals surface area contributed by atoms with Gasteiger partial charge < -0.3 is 9.64 Å². The summed E-state index contributed by atoms with van der Waals surface area (Å²) in [5, 5.41) is 0. The zero-order valence-corrected chi connectivity index (χ0v) is 7.16. The number of carbonyl (C=O) groups is 2. The number of hydrogen-bond acceptors (Lipinski definition) is 3. The summed E-state index contributed by atoms with van der Waals surface area (Å²) < 4.78 is 4.68. The monoisotopic (exact) mass is 171 g/mol. The fraction of sp³-hybridized carbons (Fsp3) is 0.750. The zero-order chi connectivity index (χ0) is 8.97. The van der Waals surface area contributed by atoms with Crippen LogP contribution in [0.2, 0.25) is 0 Å². The van der Waals surface area contributed by atoms with Crippen molar-refractivity contribution in [2.24, 2.45) is 0 Å². The van der Waals surface area contributed by atoms with Gasteiger partial charge in [0.2, 0.25) is 5.91 Å². The predicted molar refractivity (Wildman–Crippen MR) is 42.2 cm³/mol. The minimum absolute atomic E-state index is 0.0793. The van der Waals surface area contributed by atoms with Gasteiger partial charge >= 0.3 is 0 Å². The molecule has 0 spiro atoms. The molecule has 0 aromatic heterocycles. The number of ether oxygens (including phenoxy) is 1. The molecule has 1 amide bonds. The van der Waals surface area contributed by atoms with Crippen LogP contribution in [-0.2, 0) is 14.3 Å². The van der Waals surface area contributed by atoms with Crippen LogP contribution in [0.4, 0.5) is 0 Å². The first kappa shape index (κ1) is 9.03. The Morgan fingerprint density at radius 1 is 1.58 bits per heavy atom. The molecule has 1 atom stereocenters. The maximum atomic E-state index is 11.2. The largest absolute Gasteiger partial charge is 0.444 e. The van der Waals surface area contributed by atoms with Crippen molar-refractivity contribution in [3.8, 4) is 0 Å². The highest BCUT2D eigenvalue weighted by molar-refractivity contribution is 5.77. The normalized spacial score (nSPS) is 20.4. The van der Waals surface area contributed by atoms with Crippen molar-refractivity contribution >= 4 is 12.4 Å². The molecule has 1 fully saturated rings. The first-order valence-corrected chi connectivity index (χ1v) is 4.14. The van der Waals surface area contributed by atoms with Crippen molar-refractivity contribution < 1.29 is 14.3 Å². The maximum Gasteiger partial charge on any atom is 0.294 e. The molecule has 1 aliphatic rings. The molecule has 68 valence electrons. The summed E-state index contributed by atoms with van der Waals surface area (Å²) in [5.41, 5.74) is 0. The standard InChI is InChI=1S/C8H13NO3/c1-7(12-6-10)9-5-3-2-4-8(9)11/h6-7H,2-5H2,1H3. The molecule has 0 aromatic carbocycles. The molecular weight excluding hydrogens is 158 g/mol. The molecule has 0 aromatic rings. The summed E-state index contributed by atoms with van der Waals surface area (Å²) in [6, 6.07) is 0. The SMILES string of the molecule is CC(OC=O)N1CCCCC1=O. The molecule has 1 unspecified atom stereocenters. The van der Waals surface area contributed by atoms with Gasteiger partial charge in [-0.15, -0.1) is 0 Å². The van der Waals surface area contributed by atoms with E-state index in [1.807, 2.05) is 0 Å². The molecule has 1 rings (SSSR count). The third-order valence-electron chi connectivity index (χ3n) is 2.05. The lowest BCUT2D eigenvalue weighted by atomic mass is 10.1. The lowest BCUT2D eigenvalue weighted by Gasteiger charge is -2.30. The third-order valence-corrected chi connectivity index (χ3v) is 2.05. The number of amides is 1. The van der Waals surface area contributed by atoms with Crippen LogP contribution in [0, 0.1) is 0 Å². The van der Waals surface area contributed by atoms with E-state index in [0.29, 0.717) is 19.4 Å². The van der Waals surface area contributed by atoms with E-state index in [2.05, 4.69) is 4.74 Å². The molecule has 0 radical (unpaired) electrons. The minimum Gasteiger partial charge on any atom is -0.444 e. The van der Waals surface area contributed by atoms with E-state index < -0.39 is 6.23 Å². The molecule has 0 aliphatic carbocycles. The van der Waals surface area contributed by atoms with Gasteiger partial charge in [0.1, 0.15) is 0 Å². The van der Waals surface area contributed by atoms with Crippen LogP contribution >= 0.6 is 0 Å². The van der Waals surface area contributed by atoms with Gasteiger partial charge in [0.25, 0.3) is 6.47 Å². The smallest absolute Gasteiger partial charge is 0.294 e. The van der Waals surface area contributed by atoms with Crippen molar-refractivity contribution in [1.82, 2.24) is 4.90 Å². The van der Waals surface area contributed by atoms with Crippen LogP contribution in [-0.4, -0.2) is 30.1 Å². The number of carbonyl (C=O) groups excluding carboxylic acids is 2. The Morgan fingerprint density at radius 2 is 2.33 bits per heavy atom. The molecule has 12 heavy (non-hydrogen) atoms. The summed E-state index contributed by atoms with van der Waals surface area (Å²) in [6.45, 7) is 2.79. The first-order valence-electron chi connectivity index (χ1n) is 4.14. The van der Waals surface area contributed by atoms with Gasteiger partial charge in [-0.2, -0.15) is 0 Å². The van der Waals surface area contributed by atoms with E-state index in [1.165, 1.54) is 0 Å². The third kappa shape index (κ3) is 1.96. The minimum atomic E-state index is -0.407. The van der Waals surface area contributed by atoms with Crippen molar-refractivity contribution in [3.05, 3.63) is 0 Å². The second kappa shape index (κ2) is 4.09. The maximum absolute atomic E-state index is 11.2. The number of hydrogen-bond donors (Lipinski definition) is 0. The lowest BCUT2D eigenvalue weighted by Crippen LogP contribution is -2.42. The molecule has 4 nitrogen and oxygen atoms in total. The van der Waals surface area contributed by atoms with Gasteiger partial charge in [-0.05, 0) is 19.8 Å². The molecule has 0 N–H and O–H groups in total. The van der Waals surface area contributed by atoms with Crippen LogP contribution in [0.5, 0.6) is 0 Å². The molecular formula is C8H13NO3. The predicted octanol–water partition coefficient (Wildman–Crippen LogP) is 0.518. The van der Waals surface area contributed by atoms with Gasteiger partial charge in [0.15, 0.2) is 6.23 Å². The molecule has 1 aliphatic heterocycles. The number of likely N-dealkylation sites (tertiary alicyclic amines) is 1. The van der Waals surface area contributed by atoms with E-state index in [0.717, 1.165) is 12.8 Å². The van der Waals surface area contributed by atoms with Gasteiger partial charge in [0.05, 0.1) is 0 Å². The van der Waals surface area contributed by atoms with E-state index in [4.69, 9.17) is 0 Å². The fourth-order valence-electron chi connectivity index (χ4n) is 1.37. The van der Waals surface area contributed by atoms with Crippen molar-refractivity contribution in [2.75, 3.05) is 6.54 Å². The molecule has 1 saturated heterocycles. The van der Waals surface area contributed by atoms with Crippen LogP contribution < -0.4 is 0 Å². The number of piperidine rings is 1. The quantitative estimate of drug-likeness (QED) is 0.581. The molecule has 4 heteroatoms. The Bertz CT molecular complexity index is 181. The lowest BCUT2D eigenvalue weighted by molar-refractivity contribution is -0.154. The van der Waals surface area contributed by atoms with Crippen LogP contribution in [0.1, 0.15) is 26.2 Å². The summed E-state index contributed by atoms with van der Waals surface area (Å²) in [4.78, 5) is 22.8. The van der Waals surface area contributed by atoms with E-state index in [-0.39, 0.29) is 5.91 Å². The summed E-state index contributed by atoms with van der Waals surface area (Å²) in [5.74, 6) is 0.0793.